The molecule has 0 bridgehead atoms. The summed E-state index contributed by atoms with van der Waals surface area (Å²) in [5.74, 6) is -0.720. The molecule has 28 heavy (non-hydrogen) atoms. The Labute approximate surface area is 159 Å². The number of methoxy groups -OCH3 is 2. The predicted octanol–water partition coefficient (Wildman–Crippen LogP) is 3.06. The number of para-hydroxylation sites is 1. The van der Waals surface area contributed by atoms with Crippen LogP contribution in [0.3, 0.4) is 0 Å². The summed E-state index contributed by atoms with van der Waals surface area (Å²) in [4.78, 5) is 34.9. The lowest BCUT2D eigenvalue weighted by Gasteiger charge is -2.08. The molecule has 0 unspecified atom stereocenters. The number of ether oxygens (including phenoxy) is 3. The number of carbonyl (C=O) groups excluding carboxylic acids is 2. The molecule has 144 valence electrons. The number of rotatable bonds is 6. The first-order valence-corrected chi connectivity index (χ1v) is 8.13. The van der Waals surface area contributed by atoms with Crippen LogP contribution >= 0.6 is 0 Å². The van der Waals surface area contributed by atoms with E-state index in [2.05, 4.69) is 0 Å². The number of nitro benzene ring substituents is 1. The maximum Gasteiger partial charge on any atom is 0.340 e. The topological polar surface area (TPSA) is 110 Å². The van der Waals surface area contributed by atoms with Crippen LogP contribution in [0.15, 0.2) is 48.7 Å². The lowest BCUT2D eigenvalue weighted by molar-refractivity contribution is -0.385. The highest BCUT2D eigenvalue weighted by Crippen LogP contribution is 2.31. The third-order valence-corrected chi connectivity index (χ3v) is 4.10. The van der Waals surface area contributed by atoms with Crippen molar-refractivity contribution in [1.29, 1.82) is 0 Å². The van der Waals surface area contributed by atoms with E-state index in [4.69, 9.17) is 14.2 Å². The molecule has 3 aromatic rings. The SMILES string of the molecule is COC(=O)c1cn(C(=O)COc2ccc([N+](=O)[O-])c(OC)c2)c2ccccc12. The zero-order valence-corrected chi connectivity index (χ0v) is 15.1. The molecule has 0 N–H and O–H groups in total. The molecule has 0 amide bonds. The number of esters is 1. The van der Waals surface area contributed by atoms with E-state index < -0.39 is 16.8 Å². The van der Waals surface area contributed by atoms with E-state index >= 15 is 0 Å². The Kier molecular flexibility index (Phi) is 5.25. The highest BCUT2D eigenvalue weighted by atomic mass is 16.6. The van der Waals surface area contributed by atoms with Crippen molar-refractivity contribution >= 4 is 28.5 Å². The Hall–Kier alpha value is -3.88. The Morgan fingerprint density at radius 2 is 1.89 bits per heavy atom. The minimum absolute atomic E-state index is 0.0225. The smallest absolute Gasteiger partial charge is 0.340 e. The van der Waals surface area contributed by atoms with Crippen LogP contribution in [-0.4, -0.2) is 42.2 Å². The van der Waals surface area contributed by atoms with Crippen LogP contribution < -0.4 is 9.47 Å². The average Bonchev–Trinajstić information content (AvgIpc) is 3.10. The van der Waals surface area contributed by atoms with Gasteiger partial charge in [0.15, 0.2) is 6.61 Å². The van der Waals surface area contributed by atoms with Gasteiger partial charge in [-0.3, -0.25) is 19.5 Å². The molecule has 0 saturated heterocycles. The Balaban J connectivity index is 1.84. The zero-order valence-electron chi connectivity index (χ0n) is 15.1. The van der Waals surface area contributed by atoms with Crippen LogP contribution in [0.2, 0.25) is 0 Å². The van der Waals surface area contributed by atoms with Crippen LogP contribution in [0.1, 0.15) is 15.2 Å². The summed E-state index contributed by atoms with van der Waals surface area (Å²) in [5.41, 5.74) is 0.599. The van der Waals surface area contributed by atoms with Crippen molar-refractivity contribution < 1.29 is 28.7 Å². The minimum atomic E-state index is -0.575. The Bertz CT molecular complexity index is 1070. The number of nitrogens with zero attached hydrogens (tertiary/aromatic N) is 2. The van der Waals surface area contributed by atoms with E-state index in [0.717, 1.165) is 0 Å². The van der Waals surface area contributed by atoms with Gasteiger partial charge in [0, 0.05) is 23.7 Å². The van der Waals surface area contributed by atoms with E-state index in [-0.39, 0.29) is 29.4 Å². The highest BCUT2D eigenvalue weighted by molar-refractivity contribution is 6.07. The van der Waals surface area contributed by atoms with E-state index in [1.807, 2.05) is 0 Å². The van der Waals surface area contributed by atoms with Gasteiger partial charge in [0.1, 0.15) is 5.75 Å². The fraction of sp³-hybridized carbons (Fsp3) is 0.158. The Morgan fingerprint density at radius 1 is 1.14 bits per heavy atom. The molecular formula is C19H16N2O7. The molecule has 0 aliphatic carbocycles. The van der Waals surface area contributed by atoms with Gasteiger partial charge >= 0.3 is 11.7 Å². The number of fused-ring (bicyclic) bond motifs is 1. The maximum absolute atomic E-state index is 12.6. The van der Waals surface area contributed by atoms with Crippen LogP contribution in [0.4, 0.5) is 5.69 Å². The monoisotopic (exact) mass is 384 g/mol. The summed E-state index contributed by atoms with van der Waals surface area (Å²) < 4.78 is 16.5. The van der Waals surface area contributed by atoms with Crippen molar-refractivity contribution in [3.8, 4) is 11.5 Å². The minimum Gasteiger partial charge on any atom is -0.490 e. The quantitative estimate of drug-likeness (QED) is 0.365. The van der Waals surface area contributed by atoms with Crippen molar-refractivity contribution in [2.75, 3.05) is 20.8 Å². The predicted molar refractivity (Wildman–Crippen MR) is 99.0 cm³/mol. The molecule has 1 heterocycles. The van der Waals surface area contributed by atoms with Crippen molar-refractivity contribution in [2.24, 2.45) is 0 Å². The van der Waals surface area contributed by atoms with E-state index in [1.165, 1.54) is 43.2 Å². The normalized spacial score (nSPS) is 10.5. The zero-order chi connectivity index (χ0) is 20.3. The fourth-order valence-corrected chi connectivity index (χ4v) is 2.77. The highest BCUT2D eigenvalue weighted by Gasteiger charge is 2.20. The molecule has 0 fully saturated rings. The lowest BCUT2D eigenvalue weighted by Crippen LogP contribution is -2.18. The van der Waals surface area contributed by atoms with Gasteiger partial charge in [-0.1, -0.05) is 18.2 Å². The molecule has 1 aromatic heterocycles. The van der Waals surface area contributed by atoms with Crippen LogP contribution in [0, 0.1) is 10.1 Å². The summed E-state index contributed by atoms with van der Waals surface area (Å²) in [7, 11) is 2.57. The summed E-state index contributed by atoms with van der Waals surface area (Å²) >= 11 is 0. The van der Waals surface area contributed by atoms with Crippen molar-refractivity contribution in [3.63, 3.8) is 0 Å². The molecule has 0 atom stereocenters. The summed E-state index contributed by atoms with van der Waals surface area (Å²) in [6.07, 6.45) is 1.40. The number of benzene rings is 2. The summed E-state index contributed by atoms with van der Waals surface area (Å²) in [5, 5.41) is 11.5. The molecule has 2 aromatic carbocycles. The number of nitro groups is 1. The molecule has 0 aliphatic rings. The molecule has 3 rings (SSSR count). The van der Waals surface area contributed by atoms with Crippen molar-refractivity contribution in [2.45, 2.75) is 0 Å². The summed E-state index contributed by atoms with van der Waals surface area (Å²) in [6.45, 7) is -0.347. The Morgan fingerprint density at radius 3 is 2.57 bits per heavy atom. The average molecular weight is 384 g/mol. The number of aromatic nitrogens is 1. The number of carbonyl (C=O) groups is 2. The van der Waals surface area contributed by atoms with Crippen LogP contribution in [0.5, 0.6) is 11.5 Å². The van der Waals surface area contributed by atoms with Crippen molar-refractivity contribution in [3.05, 3.63) is 64.3 Å². The van der Waals surface area contributed by atoms with Gasteiger partial charge in [0.05, 0.1) is 30.2 Å². The van der Waals surface area contributed by atoms with Gasteiger partial charge in [0.25, 0.3) is 5.91 Å². The molecule has 9 heteroatoms. The van der Waals surface area contributed by atoms with E-state index in [0.29, 0.717) is 10.9 Å². The van der Waals surface area contributed by atoms with Gasteiger partial charge in [-0.2, -0.15) is 0 Å². The molecule has 0 saturated carbocycles. The van der Waals surface area contributed by atoms with Crippen LogP contribution in [-0.2, 0) is 4.74 Å². The summed E-state index contributed by atoms with van der Waals surface area (Å²) in [6, 6.07) is 10.9. The van der Waals surface area contributed by atoms with E-state index in [9.17, 15) is 19.7 Å². The maximum atomic E-state index is 12.6. The largest absolute Gasteiger partial charge is 0.490 e. The third kappa shape index (κ3) is 3.50. The van der Waals surface area contributed by atoms with E-state index in [1.54, 1.807) is 24.3 Å². The van der Waals surface area contributed by atoms with Gasteiger partial charge in [0.2, 0.25) is 5.75 Å². The molecule has 0 spiro atoms. The van der Waals surface area contributed by atoms with Gasteiger partial charge < -0.3 is 14.2 Å². The van der Waals surface area contributed by atoms with Gasteiger partial charge in [-0.05, 0) is 12.1 Å². The third-order valence-electron chi connectivity index (χ3n) is 4.10. The molecular weight excluding hydrogens is 368 g/mol. The number of hydrogen-bond acceptors (Lipinski definition) is 7. The first-order valence-electron chi connectivity index (χ1n) is 8.13. The van der Waals surface area contributed by atoms with Crippen molar-refractivity contribution in [1.82, 2.24) is 4.57 Å². The standard InChI is InChI=1S/C19H16N2O7/c1-26-17-9-12(7-8-16(17)21(24)25)28-11-18(22)20-10-14(19(23)27-2)13-5-3-4-6-15(13)20/h3-10H,11H2,1-2H3. The fourth-order valence-electron chi connectivity index (χ4n) is 2.77. The second-order valence-corrected chi connectivity index (χ2v) is 5.69. The first kappa shape index (κ1) is 18.9. The molecule has 0 radical (unpaired) electrons. The molecule has 0 aliphatic heterocycles. The van der Waals surface area contributed by atoms with Gasteiger partial charge in [-0.15, -0.1) is 0 Å². The number of hydrogen-bond donors (Lipinski definition) is 0. The second kappa shape index (κ2) is 7.78. The van der Waals surface area contributed by atoms with Gasteiger partial charge in [-0.25, -0.2) is 4.79 Å². The first-order chi connectivity index (χ1) is 13.5. The van der Waals surface area contributed by atoms with Crippen LogP contribution in [0.25, 0.3) is 10.9 Å². The molecule has 9 nitrogen and oxygen atoms in total. The lowest BCUT2D eigenvalue weighted by atomic mass is 10.2. The second-order valence-electron chi connectivity index (χ2n) is 5.69.